The highest BCUT2D eigenvalue weighted by Gasteiger charge is 2.15. The van der Waals surface area contributed by atoms with Gasteiger partial charge in [0.1, 0.15) is 5.75 Å². The van der Waals surface area contributed by atoms with Gasteiger partial charge in [-0.3, -0.25) is 4.79 Å². The molecule has 0 amide bonds. The predicted molar refractivity (Wildman–Crippen MR) is 69.4 cm³/mol. The first-order valence-corrected chi connectivity index (χ1v) is 6.29. The Morgan fingerprint density at radius 3 is 2.57 bits per heavy atom. The number of carbonyl (C=O) groups excluding carboxylic acids is 2. The fraction of sp³-hybridized carbons (Fsp3) is 0.429. The van der Waals surface area contributed by atoms with Gasteiger partial charge in [0.05, 0.1) is 19.3 Å². The monoisotopic (exact) mass is 302 g/mol. The van der Waals surface area contributed by atoms with E-state index in [9.17, 15) is 18.4 Å². The number of ether oxygens (including phenoxy) is 3. The van der Waals surface area contributed by atoms with E-state index in [1.165, 1.54) is 25.3 Å². The summed E-state index contributed by atoms with van der Waals surface area (Å²) in [4.78, 5) is 22.7. The van der Waals surface area contributed by atoms with Crippen LogP contribution in [0.2, 0.25) is 0 Å². The number of esters is 2. The molecule has 0 aromatic heterocycles. The maximum absolute atomic E-state index is 12.4. The second kappa shape index (κ2) is 8.18. The lowest BCUT2D eigenvalue weighted by Gasteiger charge is -2.12. The summed E-state index contributed by atoms with van der Waals surface area (Å²) < 4.78 is 38.5. The third-order valence-electron chi connectivity index (χ3n) is 2.62. The molecular formula is C14H16F2O5. The van der Waals surface area contributed by atoms with Gasteiger partial charge in [0.25, 0.3) is 0 Å². The molecule has 0 fully saturated rings. The first-order valence-electron chi connectivity index (χ1n) is 6.29. The third-order valence-corrected chi connectivity index (χ3v) is 2.62. The normalized spacial score (nSPS) is 10.3. The minimum absolute atomic E-state index is 0.0227. The molecule has 0 atom stereocenters. The van der Waals surface area contributed by atoms with E-state index in [1.54, 1.807) is 6.92 Å². The van der Waals surface area contributed by atoms with Crippen molar-refractivity contribution in [3.8, 4) is 5.75 Å². The van der Waals surface area contributed by atoms with Gasteiger partial charge in [-0.05, 0) is 31.0 Å². The molecule has 0 aliphatic carbocycles. The Morgan fingerprint density at radius 1 is 1.29 bits per heavy atom. The molecule has 5 nitrogen and oxygen atoms in total. The topological polar surface area (TPSA) is 61.8 Å². The molecule has 0 spiro atoms. The van der Waals surface area contributed by atoms with Crippen LogP contribution in [0.5, 0.6) is 5.75 Å². The molecule has 21 heavy (non-hydrogen) atoms. The van der Waals surface area contributed by atoms with E-state index in [2.05, 4.69) is 9.47 Å². The summed E-state index contributed by atoms with van der Waals surface area (Å²) in [5.74, 6) is -1.25. The van der Waals surface area contributed by atoms with E-state index in [0.717, 1.165) is 0 Å². The Balaban J connectivity index is 2.95. The molecule has 0 aliphatic rings. The molecule has 1 rings (SSSR count). The zero-order valence-electron chi connectivity index (χ0n) is 11.7. The lowest BCUT2D eigenvalue weighted by Crippen LogP contribution is -2.10. The summed E-state index contributed by atoms with van der Waals surface area (Å²) in [7, 11) is 1.24. The Hall–Kier alpha value is -2.18. The zero-order chi connectivity index (χ0) is 15.8. The highest BCUT2D eigenvalue weighted by Crippen LogP contribution is 2.24. The van der Waals surface area contributed by atoms with Crippen molar-refractivity contribution in [2.24, 2.45) is 0 Å². The van der Waals surface area contributed by atoms with Gasteiger partial charge >= 0.3 is 18.6 Å². The van der Waals surface area contributed by atoms with Crippen LogP contribution in [0.15, 0.2) is 18.2 Å². The average Bonchev–Trinajstić information content (AvgIpc) is 2.45. The number of methoxy groups -OCH3 is 1. The molecule has 1 aromatic carbocycles. The van der Waals surface area contributed by atoms with Gasteiger partial charge in [0, 0.05) is 6.42 Å². The van der Waals surface area contributed by atoms with Crippen LogP contribution in [0.4, 0.5) is 8.78 Å². The number of aryl methyl sites for hydroxylation is 1. The number of carbonyl (C=O) groups is 2. The molecule has 0 unspecified atom stereocenters. The lowest BCUT2D eigenvalue weighted by molar-refractivity contribution is -0.140. The van der Waals surface area contributed by atoms with E-state index in [0.29, 0.717) is 5.56 Å². The van der Waals surface area contributed by atoms with Gasteiger partial charge in [-0.1, -0.05) is 6.07 Å². The fourth-order valence-electron chi connectivity index (χ4n) is 1.65. The fourth-order valence-corrected chi connectivity index (χ4v) is 1.65. The van der Waals surface area contributed by atoms with Crippen molar-refractivity contribution in [3.63, 3.8) is 0 Å². The summed E-state index contributed by atoms with van der Waals surface area (Å²) in [6, 6.07) is 4.06. The summed E-state index contributed by atoms with van der Waals surface area (Å²) in [5.41, 5.74) is 0.489. The molecule has 0 radical (unpaired) electrons. The summed E-state index contributed by atoms with van der Waals surface area (Å²) >= 11 is 0. The SMILES string of the molecule is CCOC(=O)c1ccc(CCC(=O)OC)c(OC(F)F)c1. The summed E-state index contributed by atoms with van der Waals surface area (Å²) in [6.45, 7) is -1.22. The van der Waals surface area contributed by atoms with Crippen LogP contribution >= 0.6 is 0 Å². The van der Waals surface area contributed by atoms with Crippen LogP contribution in [0.1, 0.15) is 29.3 Å². The number of rotatable bonds is 7. The largest absolute Gasteiger partial charge is 0.469 e. The standard InChI is InChI=1S/C14H16F2O5/c1-3-20-13(18)10-5-4-9(6-7-12(17)19-2)11(8-10)21-14(15)16/h4-5,8,14H,3,6-7H2,1-2H3. The van der Waals surface area contributed by atoms with Crippen molar-refractivity contribution in [2.75, 3.05) is 13.7 Å². The van der Waals surface area contributed by atoms with Crippen molar-refractivity contribution in [1.29, 1.82) is 0 Å². The lowest BCUT2D eigenvalue weighted by atomic mass is 10.1. The number of hydrogen-bond acceptors (Lipinski definition) is 5. The molecule has 0 saturated heterocycles. The van der Waals surface area contributed by atoms with Crippen LogP contribution in [0.3, 0.4) is 0 Å². The van der Waals surface area contributed by atoms with E-state index in [-0.39, 0.29) is 30.8 Å². The van der Waals surface area contributed by atoms with Crippen molar-refractivity contribution in [3.05, 3.63) is 29.3 Å². The summed E-state index contributed by atoms with van der Waals surface area (Å²) in [6.07, 6.45) is 0.187. The van der Waals surface area contributed by atoms with Gasteiger partial charge in [-0.2, -0.15) is 8.78 Å². The molecule has 0 aliphatic heterocycles. The smallest absolute Gasteiger partial charge is 0.387 e. The van der Waals surface area contributed by atoms with E-state index in [4.69, 9.17) is 4.74 Å². The highest BCUT2D eigenvalue weighted by molar-refractivity contribution is 5.90. The molecule has 0 saturated carbocycles. The van der Waals surface area contributed by atoms with Gasteiger partial charge in [0.2, 0.25) is 0 Å². The average molecular weight is 302 g/mol. The molecule has 1 aromatic rings. The van der Waals surface area contributed by atoms with E-state index >= 15 is 0 Å². The van der Waals surface area contributed by atoms with Crippen molar-refractivity contribution < 1.29 is 32.6 Å². The van der Waals surface area contributed by atoms with Crippen molar-refractivity contribution in [2.45, 2.75) is 26.4 Å². The van der Waals surface area contributed by atoms with Crippen LogP contribution < -0.4 is 4.74 Å². The van der Waals surface area contributed by atoms with Crippen LogP contribution in [0, 0.1) is 0 Å². The zero-order valence-corrected chi connectivity index (χ0v) is 11.7. The molecular weight excluding hydrogens is 286 g/mol. The number of benzene rings is 1. The maximum Gasteiger partial charge on any atom is 0.387 e. The van der Waals surface area contributed by atoms with Gasteiger partial charge in [-0.25, -0.2) is 4.79 Å². The Kier molecular flexibility index (Phi) is 6.58. The van der Waals surface area contributed by atoms with Crippen molar-refractivity contribution >= 4 is 11.9 Å². The Morgan fingerprint density at radius 2 is 2.00 bits per heavy atom. The molecule has 0 bridgehead atoms. The summed E-state index contributed by atoms with van der Waals surface area (Å²) in [5, 5.41) is 0. The maximum atomic E-state index is 12.4. The second-order valence-electron chi connectivity index (χ2n) is 4.00. The van der Waals surface area contributed by atoms with Gasteiger partial charge in [-0.15, -0.1) is 0 Å². The van der Waals surface area contributed by atoms with Gasteiger partial charge < -0.3 is 14.2 Å². The molecule has 0 heterocycles. The minimum atomic E-state index is -3.03. The quantitative estimate of drug-likeness (QED) is 0.724. The predicted octanol–water partition coefficient (Wildman–Crippen LogP) is 2.57. The third kappa shape index (κ3) is 5.37. The first-order chi connectivity index (χ1) is 9.97. The van der Waals surface area contributed by atoms with E-state index < -0.39 is 18.6 Å². The first kappa shape index (κ1) is 16.9. The van der Waals surface area contributed by atoms with Crippen molar-refractivity contribution in [1.82, 2.24) is 0 Å². The Labute approximate surface area is 120 Å². The number of hydrogen-bond donors (Lipinski definition) is 0. The van der Waals surface area contributed by atoms with Crippen LogP contribution in [-0.2, 0) is 20.7 Å². The minimum Gasteiger partial charge on any atom is -0.469 e. The number of alkyl halides is 2. The number of halogens is 2. The second-order valence-corrected chi connectivity index (χ2v) is 4.00. The van der Waals surface area contributed by atoms with Gasteiger partial charge in [0.15, 0.2) is 0 Å². The molecule has 7 heteroatoms. The molecule has 116 valence electrons. The van der Waals surface area contributed by atoms with Crippen LogP contribution in [-0.4, -0.2) is 32.3 Å². The molecule has 0 N–H and O–H groups in total. The van der Waals surface area contributed by atoms with Crippen LogP contribution in [0.25, 0.3) is 0 Å². The van der Waals surface area contributed by atoms with E-state index in [1.807, 2.05) is 0 Å². The Bertz CT molecular complexity index is 502. The highest BCUT2D eigenvalue weighted by atomic mass is 19.3.